The number of nitrogens with zero attached hydrogens (tertiary/aromatic N) is 6. The van der Waals surface area contributed by atoms with Crippen LogP contribution in [-0.4, -0.2) is 65.2 Å². The van der Waals surface area contributed by atoms with Gasteiger partial charge in [-0.15, -0.1) is 0 Å². The van der Waals surface area contributed by atoms with Gasteiger partial charge in [0.25, 0.3) is 0 Å². The quantitative estimate of drug-likeness (QED) is 0.130. The molecule has 54 heavy (non-hydrogen) atoms. The van der Waals surface area contributed by atoms with E-state index >= 15 is 0 Å². The largest absolute Gasteiger partial charge is 0.469 e. The van der Waals surface area contributed by atoms with Crippen molar-refractivity contribution in [3.63, 3.8) is 0 Å². The van der Waals surface area contributed by atoms with E-state index in [9.17, 15) is 45.5 Å². The molecule has 0 radical (unpaired) electrons. The number of carbonyl (C=O) groups is 2. The molecule has 284 valence electrons. The number of hydrogen-bond acceptors (Lipinski definition) is 12. The Kier molecular flexibility index (Phi) is 10.8. The molecule has 0 aliphatic carbocycles. The zero-order valence-electron chi connectivity index (χ0n) is 28.0. The number of carbonyl (C=O) groups excluding carboxylic acids is 2. The number of methoxy groups -OCH3 is 2. The van der Waals surface area contributed by atoms with Gasteiger partial charge in [-0.2, -0.15) is 26.3 Å². The monoisotopic (exact) mass is 762 g/mol. The first-order valence-corrected chi connectivity index (χ1v) is 15.3. The van der Waals surface area contributed by atoms with E-state index in [2.05, 4.69) is 39.4 Å². The number of nitrogens with two attached hydrogens (primary N) is 2. The Bertz CT molecular complexity index is 2310. The second-order valence-electron chi connectivity index (χ2n) is 11.4. The zero-order valence-corrected chi connectivity index (χ0v) is 28.0. The molecule has 22 heteroatoms. The molecular weight excluding hydrogens is 734 g/mol. The van der Waals surface area contributed by atoms with Gasteiger partial charge in [0.1, 0.15) is 11.0 Å². The smallest absolute Gasteiger partial charge is 0.451 e. The third-order valence-electron chi connectivity index (χ3n) is 7.62. The highest BCUT2D eigenvalue weighted by molar-refractivity contribution is 5.82. The Morgan fingerprint density at radius 1 is 0.648 bits per heavy atom. The van der Waals surface area contributed by atoms with Crippen molar-refractivity contribution in [1.82, 2.24) is 39.0 Å². The minimum atomic E-state index is -4.80. The highest BCUT2D eigenvalue weighted by atomic mass is 19.4. The number of aromatic amines is 2. The minimum Gasteiger partial charge on any atom is -0.469 e. The summed E-state index contributed by atoms with van der Waals surface area (Å²) in [7, 11) is 2.53. The number of alkyl halides is 6. The lowest BCUT2D eigenvalue weighted by Gasteiger charge is -2.08. The molecule has 0 spiro atoms. The molecule has 0 aliphatic rings. The van der Waals surface area contributed by atoms with Crippen LogP contribution in [0.2, 0.25) is 0 Å². The van der Waals surface area contributed by atoms with Crippen molar-refractivity contribution in [2.24, 2.45) is 0 Å². The molecule has 2 aromatic carbocycles. The summed E-state index contributed by atoms with van der Waals surface area (Å²) >= 11 is 0. The molecule has 0 saturated heterocycles. The molecule has 0 unspecified atom stereocenters. The highest BCUT2D eigenvalue weighted by Crippen LogP contribution is 2.30. The summed E-state index contributed by atoms with van der Waals surface area (Å²) in [5.74, 6) is -4.68. The van der Waals surface area contributed by atoms with E-state index < -0.39 is 59.0 Å². The van der Waals surface area contributed by atoms with Gasteiger partial charge in [0.05, 0.1) is 40.2 Å². The average Bonchev–Trinajstić information content (AvgIpc) is 3.59. The third kappa shape index (κ3) is 8.65. The second-order valence-corrected chi connectivity index (χ2v) is 11.4. The van der Waals surface area contributed by atoms with E-state index in [1.54, 1.807) is 48.5 Å². The molecule has 4 heterocycles. The summed E-state index contributed by atoms with van der Waals surface area (Å²) in [6.45, 7) is -0.136. The molecule has 16 nitrogen and oxygen atoms in total. The average molecular weight is 763 g/mol. The number of benzene rings is 2. The Labute approximate surface area is 297 Å². The van der Waals surface area contributed by atoms with Crippen molar-refractivity contribution in [2.45, 2.75) is 38.3 Å². The molecule has 0 fully saturated rings. The van der Waals surface area contributed by atoms with Gasteiger partial charge in [0.2, 0.25) is 11.6 Å². The molecule has 0 atom stereocenters. The first-order valence-electron chi connectivity index (χ1n) is 15.3. The van der Waals surface area contributed by atoms with E-state index in [4.69, 9.17) is 11.5 Å². The van der Waals surface area contributed by atoms with Gasteiger partial charge in [-0.05, 0) is 22.3 Å². The number of nitrogens with one attached hydrogen (secondary N) is 2. The maximum absolute atomic E-state index is 12.9. The van der Waals surface area contributed by atoms with Crippen LogP contribution in [0.5, 0.6) is 0 Å². The third-order valence-corrected chi connectivity index (χ3v) is 7.62. The van der Waals surface area contributed by atoms with Gasteiger partial charge in [-0.25, -0.2) is 29.5 Å². The van der Waals surface area contributed by atoms with Crippen LogP contribution in [0.25, 0.3) is 22.3 Å². The number of imidazole rings is 2. The molecule has 0 aliphatic heterocycles. The Balaban J connectivity index is 0.000000208. The van der Waals surface area contributed by atoms with E-state index in [1.807, 2.05) is 0 Å². The lowest BCUT2D eigenvalue weighted by molar-refractivity contribution is -0.145. The van der Waals surface area contributed by atoms with E-state index in [1.165, 1.54) is 14.2 Å². The highest BCUT2D eigenvalue weighted by Gasteiger charge is 2.37. The normalized spacial score (nSPS) is 11.7. The van der Waals surface area contributed by atoms with E-state index in [-0.39, 0.29) is 48.3 Å². The van der Waals surface area contributed by atoms with Crippen LogP contribution in [0.4, 0.5) is 38.0 Å². The number of hydrogen-bond donors (Lipinski definition) is 4. The van der Waals surface area contributed by atoms with Crippen molar-refractivity contribution in [1.29, 1.82) is 0 Å². The second kappa shape index (κ2) is 15.1. The topological polar surface area (TPSA) is 232 Å². The molecular formula is C32H28F6N10O6. The van der Waals surface area contributed by atoms with Crippen LogP contribution in [0.3, 0.4) is 0 Å². The van der Waals surface area contributed by atoms with Crippen molar-refractivity contribution in [3.05, 3.63) is 103 Å². The number of aromatic nitrogens is 8. The predicted octanol–water partition coefficient (Wildman–Crippen LogP) is 2.97. The number of ether oxygens (including phenoxy) is 2. The first kappa shape index (κ1) is 38.5. The molecule has 0 amide bonds. The van der Waals surface area contributed by atoms with Crippen molar-refractivity contribution < 1.29 is 45.4 Å². The van der Waals surface area contributed by atoms with Crippen LogP contribution < -0.4 is 22.8 Å². The fraction of sp³-hybridized carbons (Fsp3) is 0.250. The van der Waals surface area contributed by atoms with Gasteiger partial charge in [-0.3, -0.25) is 18.7 Å². The SMILES string of the molecule is COC(=O)Cc1cccc(Cn2c(=O)[nH]c3c(N)nc(C(F)(F)F)nc32)c1.COC(=O)Cc1cccc(Cn2c(=O)[nH]c3c(N)nc(C(F)(F)F)nc32)c1. The number of nitrogen functional groups attached to an aromatic ring is 2. The van der Waals surface area contributed by atoms with Gasteiger partial charge in [0, 0.05) is 0 Å². The Morgan fingerprint density at radius 3 is 1.33 bits per heavy atom. The summed E-state index contributed by atoms with van der Waals surface area (Å²) in [5, 5.41) is 0. The fourth-order valence-corrected chi connectivity index (χ4v) is 5.17. The number of halogens is 6. The Hall–Kier alpha value is -6.74. The van der Waals surface area contributed by atoms with Crippen LogP contribution in [0, 0.1) is 0 Å². The zero-order chi connectivity index (χ0) is 39.5. The van der Waals surface area contributed by atoms with Gasteiger partial charge in [-0.1, -0.05) is 48.5 Å². The number of anilines is 2. The number of rotatable bonds is 8. The van der Waals surface area contributed by atoms with Gasteiger partial charge >= 0.3 is 35.7 Å². The first-order chi connectivity index (χ1) is 25.4. The summed E-state index contributed by atoms with van der Waals surface area (Å²) in [5.41, 5.74) is 11.5. The Morgan fingerprint density at radius 2 is 1.00 bits per heavy atom. The van der Waals surface area contributed by atoms with Crippen LogP contribution >= 0.6 is 0 Å². The molecule has 0 bridgehead atoms. The van der Waals surface area contributed by atoms with Crippen LogP contribution in [-0.2, 0) is 57.3 Å². The predicted molar refractivity (Wildman–Crippen MR) is 178 cm³/mol. The maximum atomic E-state index is 12.9. The van der Waals surface area contributed by atoms with Crippen molar-refractivity contribution in [2.75, 3.05) is 25.7 Å². The molecule has 6 N–H and O–H groups in total. The van der Waals surface area contributed by atoms with Crippen molar-refractivity contribution in [3.8, 4) is 0 Å². The lowest BCUT2D eigenvalue weighted by Crippen LogP contribution is -2.19. The lowest BCUT2D eigenvalue weighted by atomic mass is 10.1. The number of H-pyrrole nitrogens is 2. The maximum Gasteiger partial charge on any atom is 0.451 e. The van der Waals surface area contributed by atoms with E-state index in [0.717, 1.165) is 9.13 Å². The summed E-state index contributed by atoms with van der Waals surface area (Å²) in [4.78, 5) is 65.2. The number of esters is 2. The summed E-state index contributed by atoms with van der Waals surface area (Å²) in [6, 6.07) is 13.4. The van der Waals surface area contributed by atoms with E-state index in [0.29, 0.717) is 22.3 Å². The summed E-state index contributed by atoms with van der Waals surface area (Å²) < 4.78 is 88.9. The fourth-order valence-electron chi connectivity index (χ4n) is 5.17. The standard InChI is InChI=1S/2C16H14F3N5O3/c2*1-27-10(25)6-8-3-2-4-9(5-8)7-24-13-11(21-15(24)26)12(20)22-14(23-13)16(17,18)19/h2*2-5H,6-7H2,1H3,(H,21,26)(H2,20,22,23). The van der Waals surface area contributed by atoms with Gasteiger partial charge in [0.15, 0.2) is 22.9 Å². The molecule has 4 aromatic heterocycles. The van der Waals surface area contributed by atoms with Crippen LogP contribution in [0.15, 0.2) is 58.1 Å². The molecule has 0 saturated carbocycles. The minimum absolute atomic E-state index is 0.0282. The van der Waals surface area contributed by atoms with Crippen LogP contribution in [0.1, 0.15) is 33.9 Å². The van der Waals surface area contributed by atoms with Gasteiger partial charge < -0.3 is 30.9 Å². The number of fused-ring (bicyclic) bond motifs is 2. The summed E-state index contributed by atoms with van der Waals surface area (Å²) in [6.07, 6.45) is -9.55. The molecule has 6 rings (SSSR count). The molecule has 6 aromatic rings. The van der Waals surface area contributed by atoms with Crippen molar-refractivity contribution >= 4 is 45.9 Å².